The second kappa shape index (κ2) is 6.20. The molecule has 2 rings (SSSR count). The zero-order valence-corrected chi connectivity index (χ0v) is 11.9. The van der Waals surface area contributed by atoms with Gasteiger partial charge in [0.25, 0.3) is 5.91 Å². The molecule has 1 amide bonds. The van der Waals surface area contributed by atoms with Gasteiger partial charge in [-0.05, 0) is 43.6 Å². The molecule has 1 aliphatic heterocycles. The maximum Gasteiger partial charge on any atom is 0.255 e. The summed E-state index contributed by atoms with van der Waals surface area (Å²) in [7, 11) is 1.57. The number of hydrogen-bond acceptors (Lipinski definition) is 3. The van der Waals surface area contributed by atoms with Crippen LogP contribution in [0.2, 0.25) is 0 Å². The lowest BCUT2D eigenvalue weighted by Crippen LogP contribution is -2.30. The van der Waals surface area contributed by atoms with Crippen molar-refractivity contribution < 1.29 is 9.53 Å². The quantitative estimate of drug-likeness (QED) is 0.891. The largest absolute Gasteiger partial charge is 0.496 e. The van der Waals surface area contributed by atoms with Gasteiger partial charge in [0.15, 0.2) is 0 Å². The van der Waals surface area contributed by atoms with E-state index in [-0.39, 0.29) is 5.91 Å². The van der Waals surface area contributed by atoms with Gasteiger partial charge in [-0.3, -0.25) is 4.79 Å². The van der Waals surface area contributed by atoms with Gasteiger partial charge in [0.2, 0.25) is 0 Å². The SMILES string of the molecule is COc1cc(Br)ccc1C(=O)NCC1CCNC1. The third-order valence-corrected chi connectivity index (χ3v) is 3.62. The lowest BCUT2D eigenvalue weighted by molar-refractivity contribution is 0.0945. The summed E-state index contributed by atoms with van der Waals surface area (Å²) < 4.78 is 6.11. The van der Waals surface area contributed by atoms with Gasteiger partial charge in [0.05, 0.1) is 12.7 Å². The molecule has 1 aromatic carbocycles. The minimum Gasteiger partial charge on any atom is -0.496 e. The van der Waals surface area contributed by atoms with Crippen molar-refractivity contribution in [2.45, 2.75) is 6.42 Å². The van der Waals surface area contributed by atoms with Crippen LogP contribution in [0.5, 0.6) is 5.75 Å². The van der Waals surface area contributed by atoms with Crippen molar-refractivity contribution in [3.8, 4) is 5.75 Å². The number of carbonyl (C=O) groups is 1. The Balaban J connectivity index is 1.99. The normalized spacial score (nSPS) is 18.7. The first-order valence-corrected chi connectivity index (χ1v) is 6.82. The average molecular weight is 313 g/mol. The molecule has 0 bridgehead atoms. The van der Waals surface area contributed by atoms with Gasteiger partial charge in [-0.25, -0.2) is 0 Å². The lowest BCUT2D eigenvalue weighted by atomic mass is 10.1. The second-order valence-corrected chi connectivity index (χ2v) is 5.33. The number of benzene rings is 1. The number of rotatable bonds is 4. The molecule has 0 spiro atoms. The highest BCUT2D eigenvalue weighted by Gasteiger charge is 2.17. The van der Waals surface area contributed by atoms with Crippen LogP contribution >= 0.6 is 15.9 Å². The van der Waals surface area contributed by atoms with Gasteiger partial charge in [-0.2, -0.15) is 0 Å². The third kappa shape index (κ3) is 3.23. The van der Waals surface area contributed by atoms with E-state index in [0.717, 1.165) is 24.0 Å². The molecule has 98 valence electrons. The summed E-state index contributed by atoms with van der Waals surface area (Å²) in [6, 6.07) is 5.41. The second-order valence-electron chi connectivity index (χ2n) is 4.41. The van der Waals surface area contributed by atoms with E-state index < -0.39 is 0 Å². The van der Waals surface area contributed by atoms with E-state index in [2.05, 4.69) is 26.6 Å². The molecule has 2 N–H and O–H groups in total. The van der Waals surface area contributed by atoms with E-state index in [4.69, 9.17) is 4.74 Å². The van der Waals surface area contributed by atoms with Crippen molar-refractivity contribution in [1.29, 1.82) is 0 Å². The van der Waals surface area contributed by atoms with Crippen LogP contribution in [0, 0.1) is 5.92 Å². The Hall–Kier alpha value is -1.07. The van der Waals surface area contributed by atoms with E-state index in [1.54, 1.807) is 19.2 Å². The molecule has 1 unspecified atom stereocenters. The average Bonchev–Trinajstić information content (AvgIpc) is 2.88. The number of methoxy groups -OCH3 is 1. The van der Waals surface area contributed by atoms with E-state index in [1.807, 2.05) is 6.07 Å². The number of hydrogen-bond donors (Lipinski definition) is 2. The maximum atomic E-state index is 12.1. The predicted octanol–water partition coefficient (Wildman–Crippen LogP) is 1.80. The number of nitrogens with one attached hydrogen (secondary N) is 2. The highest BCUT2D eigenvalue weighted by atomic mass is 79.9. The van der Waals surface area contributed by atoms with Gasteiger partial charge in [0, 0.05) is 11.0 Å². The monoisotopic (exact) mass is 312 g/mol. The molecule has 1 aromatic rings. The van der Waals surface area contributed by atoms with Crippen LogP contribution in [0.1, 0.15) is 16.8 Å². The van der Waals surface area contributed by atoms with Crippen LogP contribution in [0.3, 0.4) is 0 Å². The van der Waals surface area contributed by atoms with Crippen molar-refractivity contribution >= 4 is 21.8 Å². The van der Waals surface area contributed by atoms with E-state index in [9.17, 15) is 4.79 Å². The van der Waals surface area contributed by atoms with Crippen LogP contribution in [0.15, 0.2) is 22.7 Å². The molecule has 1 saturated heterocycles. The van der Waals surface area contributed by atoms with E-state index in [1.165, 1.54) is 0 Å². The molecular weight excluding hydrogens is 296 g/mol. The fourth-order valence-corrected chi connectivity index (χ4v) is 2.41. The van der Waals surface area contributed by atoms with Crippen LogP contribution < -0.4 is 15.4 Å². The van der Waals surface area contributed by atoms with E-state index >= 15 is 0 Å². The first-order chi connectivity index (χ1) is 8.70. The number of amides is 1. The van der Waals surface area contributed by atoms with Crippen LogP contribution in [0.4, 0.5) is 0 Å². The Kier molecular flexibility index (Phi) is 4.60. The fraction of sp³-hybridized carbons (Fsp3) is 0.462. The topological polar surface area (TPSA) is 50.4 Å². The van der Waals surface area contributed by atoms with Gasteiger partial charge >= 0.3 is 0 Å². The molecule has 0 aromatic heterocycles. The molecule has 1 fully saturated rings. The first kappa shape index (κ1) is 13.4. The predicted molar refractivity (Wildman–Crippen MR) is 74.0 cm³/mol. The summed E-state index contributed by atoms with van der Waals surface area (Å²) in [5, 5.41) is 6.24. The summed E-state index contributed by atoms with van der Waals surface area (Å²) in [6.07, 6.45) is 1.12. The first-order valence-electron chi connectivity index (χ1n) is 6.03. The zero-order chi connectivity index (χ0) is 13.0. The highest BCUT2D eigenvalue weighted by molar-refractivity contribution is 9.10. The lowest BCUT2D eigenvalue weighted by Gasteiger charge is -2.12. The summed E-state index contributed by atoms with van der Waals surface area (Å²) in [4.78, 5) is 12.1. The van der Waals surface area contributed by atoms with Crippen molar-refractivity contribution in [3.05, 3.63) is 28.2 Å². The van der Waals surface area contributed by atoms with Crippen molar-refractivity contribution in [3.63, 3.8) is 0 Å². The third-order valence-electron chi connectivity index (χ3n) is 3.12. The molecular formula is C13H17BrN2O2. The maximum absolute atomic E-state index is 12.1. The molecule has 4 nitrogen and oxygen atoms in total. The Bertz CT molecular complexity index is 431. The van der Waals surface area contributed by atoms with Gasteiger partial charge < -0.3 is 15.4 Å². The Labute approximate surface area is 115 Å². The Morgan fingerprint density at radius 2 is 2.44 bits per heavy atom. The summed E-state index contributed by atoms with van der Waals surface area (Å²) in [5.74, 6) is 1.05. The summed E-state index contributed by atoms with van der Waals surface area (Å²) in [5.41, 5.74) is 0.576. The zero-order valence-electron chi connectivity index (χ0n) is 10.3. The molecule has 1 atom stereocenters. The fourth-order valence-electron chi connectivity index (χ4n) is 2.07. The minimum atomic E-state index is -0.0775. The molecule has 0 saturated carbocycles. The van der Waals surface area contributed by atoms with Gasteiger partial charge in [0.1, 0.15) is 5.75 Å². The molecule has 0 radical (unpaired) electrons. The Morgan fingerprint density at radius 3 is 3.11 bits per heavy atom. The summed E-state index contributed by atoms with van der Waals surface area (Å²) >= 11 is 3.36. The number of ether oxygens (including phenoxy) is 1. The Morgan fingerprint density at radius 1 is 1.61 bits per heavy atom. The van der Waals surface area contributed by atoms with Gasteiger partial charge in [-0.15, -0.1) is 0 Å². The molecule has 5 heteroatoms. The molecule has 1 heterocycles. The number of halogens is 1. The van der Waals surface area contributed by atoms with E-state index in [0.29, 0.717) is 23.8 Å². The van der Waals surface area contributed by atoms with Gasteiger partial charge in [-0.1, -0.05) is 15.9 Å². The number of carbonyl (C=O) groups excluding carboxylic acids is 1. The van der Waals surface area contributed by atoms with Crippen molar-refractivity contribution in [2.24, 2.45) is 5.92 Å². The van der Waals surface area contributed by atoms with Crippen molar-refractivity contribution in [2.75, 3.05) is 26.7 Å². The van der Waals surface area contributed by atoms with Crippen LogP contribution in [-0.2, 0) is 0 Å². The van der Waals surface area contributed by atoms with Crippen LogP contribution in [-0.4, -0.2) is 32.7 Å². The molecule has 1 aliphatic rings. The summed E-state index contributed by atoms with van der Waals surface area (Å²) in [6.45, 7) is 2.74. The smallest absolute Gasteiger partial charge is 0.255 e. The minimum absolute atomic E-state index is 0.0775. The standard InChI is InChI=1S/C13H17BrN2O2/c1-18-12-6-10(14)2-3-11(12)13(17)16-8-9-4-5-15-7-9/h2-3,6,9,15H,4-5,7-8H2,1H3,(H,16,17). The van der Waals surface area contributed by atoms with Crippen LogP contribution in [0.25, 0.3) is 0 Å². The van der Waals surface area contributed by atoms with Crippen molar-refractivity contribution in [1.82, 2.24) is 10.6 Å². The highest BCUT2D eigenvalue weighted by Crippen LogP contribution is 2.23. The molecule has 0 aliphatic carbocycles. The molecule has 18 heavy (non-hydrogen) atoms.